The van der Waals surface area contributed by atoms with Gasteiger partial charge in [0.1, 0.15) is 17.2 Å². The van der Waals surface area contributed by atoms with Crippen LogP contribution in [0.2, 0.25) is 0 Å². The van der Waals surface area contributed by atoms with Crippen molar-refractivity contribution in [2.45, 2.75) is 81.9 Å². The van der Waals surface area contributed by atoms with Gasteiger partial charge in [-0.2, -0.15) is 0 Å². The summed E-state index contributed by atoms with van der Waals surface area (Å²) in [7, 11) is 1.61. The largest absolute Gasteiger partial charge is 0.458 e. The molecule has 0 saturated carbocycles. The number of nitrogens with zero attached hydrogens (tertiary/aromatic N) is 2. The van der Waals surface area contributed by atoms with Gasteiger partial charge in [-0.1, -0.05) is 84.9 Å². The molecule has 276 valence electrons. The number of pyridine rings is 1. The van der Waals surface area contributed by atoms with E-state index in [2.05, 4.69) is 10.6 Å². The van der Waals surface area contributed by atoms with E-state index >= 15 is 0 Å². The highest BCUT2D eigenvalue weighted by molar-refractivity contribution is 5.97. The number of nitrogens with one attached hydrogen (secondary N) is 2. The Kier molecular flexibility index (Phi) is 11.0. The summed E-state index contributed by atoms with van der Waals surface area (Å²) >= 11 is 0. The van der Waals surface area contributed by atoms with Crippen LogP contribution in [0, 0.1) is 0 Å². The van der Waals surface area contributed by atoms with Crippen molar-refractivity contribution in [1.29, 1.82) is 0 Å². The molecule has 1 saturated heterocycles. The SMILES string of the molecule is Cn1cccc(C(=O)NC2CCN(C(=O)[C@H]3CC[C@@](C(=O)N[C@@H](Cc4ccccc4)C(=O)OC(C)(C)C)(c4ccccc4)c4ccccc43)CC2)c1=O. The number of likely N-dealkylation sites (tertiary alicyclic amines) is 1. The Morgan fingerprint density at radius 1 is 0.849 bits per heavy atom. The number of carbonyl (C=O) groups is 4. The molecule has 0 bridgehead atoms. The molecule has 2 N–H and O–H groups in total. The molecule has 3 aromatic carbocycles. The second-order valence-corrected chi connectivity index (χ2v) is 15.1. The number of esters is 1. The first kappa shape index (κ1) is 37.3. The Morgan fingerprint density at radius 3 is 2.17 bits per heavy atom. The molecule has 0 spiro atoms. The Labute approximate surface area is 310 Å². The standard InChI is InChI=1S/C43H48N4O6/c1-42(2,3)53-40(51)36(28-29-14-7-5-8-15-29)45-41(52)43(30-16-9-6-10-17-30)24-21-33(32-18-11-12-20-35(32)43)39(50)47-26-22-31(23-27-47)44-37(48)34-19-13-25-46(4)38(34)49/h5-20,25,31,33,36H,21-24,26-28H2,1-4H3,(H,44,48)(H,45,52)/t33-,36-,43+/m0/s1. The first-order valence-electron chi connectivity index (χ1n) is 18.4. The molecular formula is C43H48N4O6. The third kappa shape index (κ3) is 8.11. The highest BCUT2D eigenvalue weighted by Gasteiger charge is 2.50. The Balaban J connectivity index is 1.25. The average Bonchev–Trinajstić information content (AvgIpc) is 3.15. The minimum Gasteiger partial charge on any atom is -0.458 e. The normalized spacial score (nSPS) is 19.4. The smallest absolute Gasteiger partial charge is 0.329 e. The molecule has 10 nitrogen and oxygen atoms in total. The van der Waals surface area contributed by atoms with Gasteiger partial charge < -0.3 is 24.8 Å². The lowest BCUT2D eigenvalue weighted by Crippen LogP contribution is -2.55. The number of hydrogen-bond donors (Lipinski definition) is 2. The highest BCUT2D eigenvalue weighted by Crippen LogP contribution is 2.48. The zero-order valence-corrected chi connectivity index (χ0v) is 30.8. The predicted molar refractivity (Wildman–Crippen MR) is 202 cm³/mol. The molecule has 6 rings (SSSR count). The van der Waals surface area contributed by atoms with Crippen LogP contribution < -0.4 is 16.2 Å². The van der Waals surface area contributed by atoms with Gasteiger partial charge in [-0.25, -0.2) is 4.79 Å². The molecule has 3 atom stereocenters. The molecule has 3 amide bonds. The third-order valence-corrected chi connectivity index (χ3v) is 10.3. The molecular weight excluding hydrogens is 668 g/mol. The quantitative estimate of drug-likeness (QED) is 0.234. The van der Waals surface area contributed by atoms with Crippen LogP contribution in [-0.4, -0.2) is 63.9 Å². The number of benzene rings is 3. The first-order chi connectivity index (χ1) is 25.4. The number of carbonyl (C=O) groups excluding carboxylic acids is 4. The number of aryl methyl sites for hydroxylation is 1. The second-order valence-electron chi connectivity index (χ2n) is 15.1. The van der Waals surface area contributed by atoms with E-state index in [1.807, 2.05) is 89.8 Å². The fourth-order valence-electron chi connectivity index (χ4n) is 7.68. The van der Waals surface area contributed by atoms with Gasteiger partial charge >= 0.3 is 5.97 Å². The van der Waals surface area contributed by atoms with E-state index in [1.165, 1.54) is 10.6 Å². The zero-order valence-electron chi connectivity index (χ0n) is 30.8. The van der Waals surface area contributed by atoms with E-state index in [4.69, 9.17) is 4.74 Å². The van der Waals surface area contributed by atoms with Gasteiger partial charge in [-0.3, -0.25) is 19.2 Å². The number of amides is 3. The van der Waals surface area contributed by atoms with E-state index in [0.29, 0.717) is 38.8 Å². The van der Waals surface area contributed by atoms with Gasteiger partial charge in [0.2, 0.25) is 11.8 Å². The summed E-state index contributed by atoms with van der Waals surface area (Å²) in [5.41, 5.74) is 1.01. The van der Waals surface area contributed by atoms with Crippen LogP contribution in [0.15, 0.2) is 108 Å². The minimum atomic E-state index is -1.17. The number of piperidine rings is 1. The number of hydrogen-bond acceptors (Lipinski definition) is 6. The Hall–Kier alpha value is -5.51. The summed E-state index contributed by atoms with van der Waals surface area (Å²) in [6.07, 6.45) is 3.75. The van der Waals surface area contributed by atoms with E-state index in [1.54, 1.807) is 40.1 Å². The lowest BCUT2D eigenvalue weighted by Gasteiger charge is -2.43. The zero-order chi connectivity index (χ0) is 37.8. The number of fused-ring (bicyclic) bond motifs is 1. The lowest BCUT2D eigenvalue weighted by atomic mass is 9.62. The fraction of sp³-hybridized carbons (Fsp3) is 0.372. The number of ether oxygens (including phenoxy) is 1. The Bertz CT molecular complexity index is 2010. The van der Waals surface area contributed by atoms with Crippen LogP contribution in [0.3, 0.4) is 0 Å². The molecule has 10 heteroatoms. The first-order valence-corrected chi connectivity index (χ1v) is 18.4. The number of aromatic nitrogens is 1. The van der Waals surface area contributed by atoms with Crippen molar-refractivity contribution in [2.75, 3.05) is 13.1 Å². The monoisotopic (exact) mass is 716 g/mol. The summed E-state index contributed by atoms with van der Waals surface area (Å²) in [5.74, 6) is -1.73. The minimum absolute atomic E-state index is 0.0167. The maximum absolute atomic E-state index is 14.9. The fourth-order valence-corrected chi connectivity index (χ4v) is 7.68. The summed E-state index contributed by atoms with van der Waals surface area (Å²) in [6.45, 7) is 6.32. The van der Waals surface area contributed by atoms with Crippen LogP contribution >= 0.6 is 0 Å². The van der Waals surface area contributed by atoms with Crippen LogP contribution in [0.25, 0.3) is 0 Å². The van der Waals surface area contributed by atoms with Gasteiger partial charge in [0.25, 0.3) is 11.5 Å². The molecule has 0 unspecified atom stereocenters. The summed E-state index contributed by atoms with van der Waals surface area (Å²) < 4.78 is 7.18. The third-order valence-electron chi connectivity index (χ3n) is 10.3. The van der Waals surface area contributed by atoms with Crippen LogP contribution in [0.1, 0.15) is 85.0 Å². The molecule has 1 aliphatic carbocycles. The molecule has 0 radical (unpaired) electrons. The van der Waals surface area contributed by atoms with Crippen LogP contribution in [0.4, 0.5) is 0 Å². The van der Waals surface area contributed by atoms with Gasteiger partial charge in [0.05, 0.1) is 11.3 Å². The molecule has 2 heterocycles. The van der Waals surface area contributed by atoms with Gasteiger partial charge in [0, 0.05) is 38.8 Å². The Morgan fingerprint density at radius 2 is 1.49 bits per heavy atom. The molecule has 1 aromatic heterocycles. The van der Waals surface area contributed by atoms with Crippen molar-refractivity contribution in [3.8, 4) is 0 Å². The van der Waals surface area contributed by atoms with Crippen molar-refractivity contribution < 1.29 is 23.9 Å². The molecule has 53 heavy (non-hydrogen) atoms. The van der Waals surface area contributed by atoms with Crippen molar-refractivity contribution in [2.24, 2.45) is 7.05 Å². The molecule has 1 fully saturated rings. The maximum atomic E-state index is 14.9. The van der Waals surface area contributed by atoms with Gasteiger partial charge in [0.15, 0.2) is 0 Å². The van der Waals surface area contributed by atoms with Gasteiger partial charge in [-0.05, 0) is 80.8 Å². The van der Waals surface area contributed by atoms with Crippen molar-refractivity contribution >= 4 is 23.7 Å². The van der Waals surface area contributed by atoms with Crippen LogP contribution in [0.5, 0.6) is 0 Å². The van der Waals surface area contributed by atoms with E-state index in [0.717, 1.165) is 22.3 Å². The molecule has 2 aliphatic rings. The number of rotatable bonds is 9. The van der Waals surface area contributed by atoms with Crippen LogP contribution in [-0.2, 0) is 38.0 Å². The van der Waals surface area contributed by atoms with E-state index < -0.39 is 34.9 Å². The molecule has 1 aliphatic heterocycles. The highest BCUT2D eigenvalue weighted by atomic mass is 16.6. The predicted octanol–water partition coefficient (Wildman–Crippen LogP) is 5.04. The van der Waals surface area contributed by atoms with E-state index in [9.17, 15) is 24.0 Å². The summed E-state index contributed by atoms with van der Waals surface area (Å²) in [5, 5.41) is 6.10. The van der Waals surface area contributed by atoms with Crippen molar-refractivity contribution in [3.05, 3.63) is 141 Å². The van der Waals surface area contributed by atoms with Gasteiger partial charge in [-0.15, -0.1) is 0 Å². The maximum Gasteiger partial charge on any atom is 0.329 e. The van der Waals surface area contributed by atoms with E-state index in [-0.39, 0.29) is 35.4 Å². The van der Waals surface area contributed by atoms with Crippen molar-refractivity contribution in [1.82, 2.24) is 20.1 Å². The lowest BCUT2D eigenvalue weighted by molar-refractivity contribution is -0.159. The second kappa shape index (κ2) is 15.6. The average molecular weight is 717 g/mol. The molecule has 4 aromatic rings. The summed E-state index contributed by atoms with van der Waals surface area (Å²) in [4.78, 5) is 70.1. The van der Waals surface area contributed by atoms with Crippen molar-refractivity contribution in [3.63, 3.8) is 0 Å². The summed E-state index contributed by atoms with van der Waals surface area (Å²) in [6, 6.07) is 28.8. The topological polar surface area (TPSA) is 127 Å².